The molecule has 1 heterocycles. The van der Waals surface area contributed by atoms with E-state index < -0.39 is 5.97 Å². The van der Waals surface area contributed by atoms with Crippen molar-refractivity contribution >= 4 is 12.0 Å². The lowest BCUT2D eigenvalue weighted by atomic mass is 10.2. The second-order valence-electron chi connectivity index (χ2n) is 5.39. The van der Waals surface area contributed by atoms with Gasteiger partial charge in [-0.05, 0) is 42.3 Å². The van der Waals surface area contributed by atoms with Gasteiger partial charge in [-0.25, -0.2) is 9.78 Å². The average Bonchev–Trinajstić information content (AvgIpc) is 2.64. The molecular weight excluding hydrogens is 338 g/mol. The molecule has 0 aliphatic rings. The van der Waals surface area contributed by atoms with Gasteiger partial charge in [0.05, 0.1) is 7.11 Å². The van der Waals surface area contributed by atoms with Crippen LogP contribution < -0.4 is 20.1 Å². The molecule has 8 heteroatoms. The van der Waals surface area contributed by atoms with Gasteiger partial charge in [0.2, 0.25) is 5.88 Å². The number of carboxylic acid groups (broad SMARTS) is 1. The van der Waals surface area contributed by atoms with Gasteiger partial charge in [-0.15, -0.1) is 0 Å². The van der Waals surface area contributed by atoms with Crippen molar-refractivity contribution in [2.75, 3.05) is 13.7 Å². The number of carbonyl (C=O) groups excluding carboxylic acids is 1. The molecule has 0 radical (unpaired) electrons. The third-order valence-corrected chi connectivity index (χ3v) is 3.39. The molecule has 1 aromatic carbocycles. The molecular formula is C18H21N3O5. The molecule has 0 saturated heterocycles. The third-order valence-electron chi connectivity index (χ3n) is 3.39. The van der Waals surface area contributed by atoms with Gasteiger partial charge in [-0.3, -0.25) is 4.79 Å². The number of aromatic nitrogens is 1. The van der Waals surface area contributed by atoms with Gasteiger partial charge in [0.1, 0.15) is 11.5 Å². The molecule has 0 spiro atoms. The van der Waals surface area contributed by atoms with Crippen molar-refractivity contribution in [1.29, 1.82) is 0 Å². The molecule has 0 aliphatic carbocycles. The number of methoxy groups -OCH3 is 1. The number of rotatable bonds is 9. The molecule has 2 aromatic rings. The van der Waals surface area contributed by atoms with Crippen molar-refractivity contribution in [3.8, 4) is 17.4 Å². The quantitative estimate of drug-likeness (QED) is 0.594. The Balaban J connectivity index is 1.80. The number of carbonyl (C=O) groups is 2. The summed E-state index contributed by atoms with van der Waals surface area (Å²) < 4.78 is 10.8. The van der Waals surface area contributed by atoms with Crippen LogP contribution in [-0.2, 0) is 11.3 Å². The van der Waals surface area contributed by atoms with E-state index in [0.29, 0.717) is 31.1 Å². The molecule has 3 N–H and O–H groups in total. The van der Waals surface area contributed by atoms with Gasteiger partial charge in [-0.2, -0.15) is 0 Å². The van der Waals surface area contributed by atoms with Crippen molar-refractivity contribution in [3.63, 3.8) is 0 Å². The van der Waals surface area contributed by atoms with E-state index in [1.54, 1.807) is 49.7 Å². The van der Waals surface area contributed by atoms with E-state index in [-0.39, 0.29) is 12.5 Å². The van der Waals surface area contributed by atoms with Crippen LogP contribution in [0.5, 0.6) is 17.4 Å². The summed E-state index contributed by atoms with van der Waals surface area (Å²) in [5, 5.41) is 13.8. The molecule has 1 aromatic heterocycles. The maximum atomic E-state index is 11.7. The predicted molar refractivity (Wildman–Crippen MR) is 94.4 cm³/mol. The molecule has 138 valence electrons. The highest BCUT2D eigenvalue weighted by Crippen LogP contribution is 2.22. The highest BCUT2D eigenvalue weighted by Gasteiger charge is 2.04. The summed E-state index contributed by atoms with van der Waals surface area (Å²) in [5.41, 5.74) is 0.823. The standard InChI is InChI=1S/C18H21N3O5/c1-25-14-4-6-15(7-5-14)26-16-11-13(8-10-19-16)12-21-18(24)20-9-2-3-17(22)23/h4-8,10-11H,2-3,9,12H2,1H3,(H,22,23)(H2,20,21,24). The Bertz CT molecular complexity index is 734. The number of aliphatic carboxylic acids is 1. The van der Waals surface area contributed by atoms with Crippen LogP contribution in [0.3, 0.4) is 0 Å². The Labute approximate surface area is 151 Å². The van der Waals surface area contributed by atoms with E-state index in [4.69, 9.17) is 14.6 Å². The first-order valence-corrected chi connectivity index (χ1v) is 8.07. The Morgan fingerprint density at radius 3 is 2.54 bits per heavy atom. The smallest absolute Gasteiger partial charge is 0.315 e. The number of nitrogens with zero attached hydrogens (tertiary/aromatic N) is 1. The third kappa shape index (κ3) is 6.68. The minimum absolute atomic E-state index is 0.0245. The normalized spacial score (nSPS) is 10.0. The number of ether oxygens (including phenoxy) is 2. The van der Waals surface area contributed by atoms with Crippen molar-refractivity contribution in [2.45, 2.75) is 19.4 Å². The van der Waals surface area contributed by atoms with E-state index in [1.165, 1.54) is 0 Å². The van der Waals surface area contributed by atoms with Crippen molar-refractivity contribution in [1.82, 2.24) is 15.6 Å². The Hall–Kier alpha value is -3.29. The molecule has 26 heavy (non-hydrogen) atoms. The number of pyridine rings is 1. The average molecular weight is 359 g/mol. The molecule has 2 amide bonds. The minimum atomic E-state index is -0.881. The van der Waals surface area contributed by atoms with Crippen LogP contribution in [-0.4, -0.2) is 35.7 Å². The SMILES string of the molecule is COc1ccc(Oc2cc(CNC(=O)NCCCC(=O)O)ccn2)cc1. The first-order valence-electron chi connectivity index (χ1n) is 8.07. The number of benzene rings is 1. The Kier molecular flexibility index (Phi) is 7.23. The van der Waals surface area contributed by atoms with Gasteiger partial charge in [0, 0.05) is 31.8 Å². The highest BCUT2D eigenvalue weighted by atomic mass is 16.5. The zero-order chi connectivity index (χ0) is 18.8. The van der Waals surface area contributed by atoms with E-state index in [9.17, 15) is 9.59 Å². The monoisotopic (exact) mass is 359 g/mol. The second kappa shape index (κ2) is 9.87. The van der Waals surface area contributed by atoms with Crippen LogP contribution in [0.4, 0.5) is 4.79 Å². The summed E-state index contributed by atoms with van der Waals surface area (Å²) in [5.74, 6) is 0.891. The van der Waals surface area contributed by atoms with Gasteiger partial charge in [0.15, 0.2) is 0 Å². The molecule has 0 unspecified atom stereocenters. The molecule has 0 atom stereocenters. The second-order valence-corrected chi connectivity index (χ2v) is 5.39. The number of hydrogen-bond donors (Lipinski definition) is 3. The Morgan fingerprint density at radius 1 is 1.12 bits per heavy atom. The lowest BCUT2D eigenvalue weighted by Crippen LogP contribution is -2.35. The first-order chi connectivity index (χ1) is 12.6. The summed E-state index contributed by atoms with van der Waals surface area (Å²) in [4.78, 5) is 26.2. The van der Waals surface area contributed by atoms with Crippen molar-refractivity contribution in [3.05, 3.63) is 48.2 Å². The van der Waals surface area contributed by atoms with Crippen LogP contribution in [0.2, 0.25) is 0 Å². The molecule has 0 aliphatic heterocycles. The molecule has 2 rings (SSSR count). The van der Waals surface area contributed by atoms with E-state index >= 15 is 0 Å². The molecule has 0 fully saturated rings. The predicted octanol–water partition coefficient (Wildman–Crippen LogP) is 2.55. The molecule has 0 bridgehead atoms. The largest absolute Gasteiger partial charge is 0.497 e. The molecule has 0 saturated carbocycles. The van der Waals surface area contributed by atoms with Crippen molar-refractivity contribution < 1.29 is 24.2 Å². The summed E-state index contributed by atoms with van der Waals surface area (Å²) in [6, 6.07) is 10.3. The minimum Gasteiger partial charge on any atom is -0.497 e. The van der Waals surface area contributed by atoms with Gasteiger partial charge in [-0.1, -0.05) is 0 Å². The van der Waals surface area contributed by atoms with Crippen LogP contribution in [0.25, 0.3) is 0 Å². The first kappa shape index (κ1) is 19.0. The van der Waals surface area contributed by atoms with Crippen molar-refractivity contribution in [2.24, 2.45) is 0 Å². The summed E-state index contributed by atoms with van der Waals surface area (Å²) >= 11 is 0. The fraction of sp³-hybridized carbons (Fsp3) is 0.278. The number of urea groups is 1. The lowest BCUT2D eigenvalue weighted by Gasteiger charge is -2.09. The maximum absolute atomic E-state index is 11.7. The molecule has 8 nitrogen and oxygen atoms in total. The number of hydrogen-bond acceptors (Lipinski definition) is 5. The van der Waals surface area contributed by atoms with Gasteiger partial charge < -0.3 is 25.2 Å². The topological polar surface area (TPSA) is 110 Å². The summed E-state index contributed by atoms with van der Waals surface area (Å²) in [6.45, 7) is 0.604. The lowest BCUT2D eigenvalue weighted by molar-refractivity contribution is -0.137. The van der Waals surface area contributed by atoms with E-state index in [0.717, 1.165) is 11.3 Å². The fourth-order valence-electron chi connectivity index (χ4n) is 2.07. The zero-order valence-corrected chi connectivity index (χ0v) is 14.4. The number of carboxylic acids is 1. The summed E-state index contributed by atoms with van der Waals surface area (Å²) in [6.07, 6.45) is 2.01. The maximum Gasteiger partial charge on any atom is 0.315 e. The number of nitrogens with one attached hydrogen (secondary N) is 2. The van der Waals surface area contributed by atoms with Crippen LogP contribution in [0.15, 0.2) is 42.6 Å². The number of amides is 2. The van der Waals surface area contributed by atoms with E-state index in [2.05, 4.69) is 15.6 Å². The highest BCUT2D eigenvalue weighted by molar-refractivity contribution is 5.73. The van der Waals surface area contributed by atoms with Gasteiger partial charge in [0.25, 0.3) is 0 Å². The van der Waals surface area contributed by atoms with Crippen LogP contribution in [0.1, 0.15) is 18.4 Å². The van der Waals surface area contributed by atoms with Gasteiger partial charge >= 0.3 is 12.0 Å². The summed E-state index contributed by atoms with van der Waals surface area (Å²) in [7, 11) is 1.59. The van der Waals surface area contributed by atoms with Crippen LogP contribution >= 0.6 is 0 Å². The Morgan fingerprint density at radius 2 is 1.85 bits per heavy atom. The fourth-order valence-corrected chi connectivity index (χ4v) is 2.07. The van der Waals surface area contributed by atoms with Crippen LogP contribution in [0, 0.1) is 0 Å². The zero-order valence-electron chi connectivity index (χ0n) is 14.4. The van der Waals surface area contributed by atoms with E-state index in [1.807, 2.05) is 0 Å².